The molecule has 5 nitrogen and oxygen atoms in total. The van der Waals surface area contributed by atoms with Gasteiger partial charge in [-0.1, -0.05) is 19.1 Å². The molecule has 0 fully saturated rings. The van der Waals surface area contributed by atoms with Crippen molar-refractivity contribution in [3.63, 3.8) is 0 Å². The highest BCUT2D eigenvalue weighted by atomic mass is 32.2. The lowest BCUT2D eigenvalue weighted by Gasteiger charge is -2.13. The predicted molar refractivity (Wildman–Crippen MR) is 81.4 cm³/mol. The topological polar surface area (TPSA) is 61.2 Å². The summed E-state index contributed by atoms with van der Waals surface area (Å²) in [7, 11) is -3.33. The summed E-state index contributed by atoms with van der Waals surface area (Å²) in [6.07, 6.45) is 5.29. The number of hydrogen-bond donors (Lipinski definition) is 0. The molecule has 2 aromatic rings. The van der Waals surface area contributed by atoms with E-state index in [-0.39, 0.29) is 5.16 Å². The molecule has 114 valence electrons. The summed E-state index contributed by atoms with van der Waals surface area (Å²) in [6.45, 7) is 5.17. The summed E-state index contributed by atoms with van der Waals surface area (Å²) in [6, 6.07) is 5.82. The molecule has 0 bridgehead atoms. The minimum absolute atomic E-state index is 0.0850. The van der Waals surface area contributed by atoms with Gasteiger partial charge in [0, 0.05) is 18.6 Å². The number of sulfone groups is 1. The van der Waals surface area contributed by atoms with E-state index in [9.17, 15) is 8.42 Å². The van der Waals surface area contributed by atoms with Crippen LogP contribution < -0.4 is 4.74 Å². The summed E-state index contributed by atoms with van der Waals surface area (Å²) in [5.74, 6) is 0.843. The molecule has 0 N–H and O–H groups in total. The number of nitrogens with zero attached hydrogens (tertiary/aromatic N) is 2. The van der Waals surface area contributed by atoms with Gasteiger partial charge in [-0.25, -0.2) is 13.4 Å². The molecular weight excluding hydrogens is 288 g/mol. The van der Waals surface area contributed by atoms with Crippen LogP contribution in [-0.2, 0) is 16.4 Å². The first kappa shape index (κ1) is 15.6. The van der Waals surface area contributed by atoms with Crippen LogP contribution in [0.4, 0.5) is 0 Å². The first-order chi connectivity index (χ1) is 9.93. The van der Waals surface area contributed by atoms with E-state index in [0.717, 1.165) is 23.3 Å². The van der Waals surface area contributed by atoms with Gasteiger partial charge < -0.3 is 9.30 Å². The average molecular weight is 308 g/mol. The van der Waals surface area contributed by atoms with Crippen molar-refractivity contribution in [3.05, 3.63) is 41.7 Å². The van der Waals surface area contributed by atoms with Gasteiger partial charge in [0.15, 0.2) is 0 Å². The highest BCUT2D eigenvalue weighted by molar-refractivity contribution is 7.90. The van der Waals surface area contributed by atoms with Gasteiger partial charge in [0.2, 0.25) is 15.0 Å². The molecule has 0 unspecified atom stereocenters. The Morgan fingerprint density at radius 1 is 1.33 bits per heavy atom. The molecule has 1 aromatic heterocycles. The second-order valence-corrected chi connectivity index (χ2v) is 6.91. The molecule has 2 rings (SSSR count). The maximum absolute atomic E-state index is 11.7. The third kappa shape index (κ3) is 3.64. The summed E-state index contributed by atoms with van der Waals surface area (Å²) < 4.78 is 30.7. The third-order valence-electron chi connectivity index (χ3n) is 3.21. The third-order valence-corrected chi connectivity index (χ3v) is 4.21. The van der Waals surface area contributed by atoms with Crippen molar-refractivity contribution in [1.82, 2.24) is 9.55 Å². The van der Waals surface area contributed by atoms with E-state index >= 15 is 0 Å². The molecule has 6 heteroatoms. The van der Waals surface area contributed by atoms with Crippen LogP contribution in [0.5, 0.6) is 5.75 Å². The van der Waals surface area contributed by atoms with Crippen molar-refractivity contribution in [2.24, 2.45) is 0 Å². The van der Waals surface area contributed by atoms with E-state index in [1.807, 2.05) is 25.1 Å². The zero-order valence-electron chi connectivity index (χ0n) is 12.5. The van der Waals surface area contributed by atoms with Gasteiger partial charge in [0.1, 0.15) is 5.75 Å². The lowest BCUT2D eigenvalue weighted by atomic mass is 10.1. The summed E-state index contributed by atoms with van der Waals surface area (Å²) in [5.41, 5.74) is 2.05. The second-order valence-electron chi connectivity index (χ2n) is 5.00. The van der Waals surface area contributed by atoms with Crippen LogP contribution in [0.3, 0.4) is 0 Å². The van der Waals surface area contributed by atoms with Crippen LogP contribution >= 0.6 is 0 Å². The lowest BCUT2D eigenvalue weighted by Crippen LogP contribution is -2.10. The molecule has 1 heterocycles. The average Bonchev–Trinajstić information content (AvgIpc) is 2.88. The minimum atomic E-state index is -3.33. The fourth-order valence-electron chi connectivity index (χ4n) is 2.13. The number of imidazole rings is 1. The van der Waals surface area contributed by atoms with Crippen LogP contribution in [0, 0.1) is 6.92 Å². The van der Waals surface area contributed by atoms with Crippen molar-refractivity contribution in [2.45, 2.75) is 32.0 Å². The Bertz CT molecular complexity index is 720. The molecule has 0 atom stereocenters. The van der Waals surface area contributed by atoms with Crippen LogP contribution in [0.15, 0.2) is 35.7 Å². The Labute approximate surface area is 125 Å². The van der Waals surface area contributed by atoms with Gasteiger partial charge >= 0.3 is 0 Å². The number of benzene rings is 1. The van der Waals surface area contributed by atoms with Crippen LogP contribution in [0.2, 0.25) is 0 Å². The largest absolute Gasteiger partial charge is 0.493 e. The molecule has 1 aromatic carbocycles. The van der Waals surface area contributed by atoms with E-state index in [1.54, 1.807) is 10.8 Å². The quantitative estimate of drug-likeness (QED) is 0.822. The second kappa shape index (κ2) is 6.30. The molecular formula is C15H20N2O3S. The Hall–Kier alpha value is -1.82. The SMILES string of the molecule is CCCOc1cccc(Cn2ccnc2S(C)(=O)=O)c1C. The summed E-state index contributed by atoms with van der Waals surface area (Å²) >= 11 is 0. The number of aromatic nitrogens is 2. The van der Waals surface area contributed by atoms with Crippen molar-refractivity contribution in [2.75, 3.05) is 12.9 Å². The number of ether oxygens (including phenoxy) is 1. The molecule has 0 radical (unpaired) electrons. The van der Waals surface area contributed by atoms with E-state index in [1.165, 1.54) is 12.5 Å². The Balaban J connectivity index is 2.31. The predicted octanol–water partition coefficient (Wildman–Crippen LogP) is 2.43. The molecule has 0 amide bonds. The monoisotopic (exact) mass is 308 g/mol. The maximum Gasteiger partial charge on any atom is 0.227 e. The van der Waals surface area contributed by atoms with Gasteiger partial charge in [-0.3, -0.25) is 0 Å². The smallest absolute Gasteiger partial charge is 0.227 e. The van der Waals surface area contributed by atoms with E-state index in [2.05, 4.69) is 11.9 Å². The highest BCUT2D eigenvalue weighted by Crippen LogP contribution is 2.23. The van der Waals surface area contributed by atoms with Crippen molar-refractivity contribution >= 4 is 9.84 Å². The van der Waals surface area contributed by atoms with Crippen molar-refractivity contribution in [3.8, 4) is 5.75 Å². The van der Waals surface area contributed by atoms with E-state index < -0.39 is 9.84 Å². The normalized spacial score (nSPS) is 11.6. The summed E-state index contributed by atoms with van der Waals surface area (Å²) in [4.78, 5) is 3.93. The van der Waals surface area contributed by atoms with Gasteiger partial charge in [0.25, 0.3) is 0 Å². The highest BCUT2D eigenvalue weighted by Gasteiger charge is 2.15. The number of hydrogen-bond acceptors (Lipinski definition) is 4. The van der Waals surface area contributed by atoms with Crippen LogP contribution in [0.25, 0.3) is 0 Å². The van der Waals surface area contributed by atoms with Crippen LogP contribution in [0.1, 0.15) is 24.5 Å². The standard InChI is InChI=1S/C15H20N2O3S/c1-4-10-20-14-7-5-6-13(12(14)2)11-17-9-8-16-15(17)21(3,18)19/h5-9H,4,10-11H2,1-3H3. The Morgan fingerprint density at radius 3 is 2.76 bits per heavy atom. The fourth-order valence-corrected chi connectivity index (χ4v) is 2.93. The molecule has 0 saturated carbocycles. The summed E-state index contributed by atoms with van der Waals surface area (Å²) in [5, 5.41) is 0.0850. The first-order valence-corrected chi connectivity index (χ1v) is 8.75. The van der Waals surface area contributed by atoms with Crippen molar-refractivity contribution in [1.29, 1.82) is 0 Å². The molecule has 0 aliphatic carbocycles. The zero-order valence-corrected chi connectivity index (χ0v) is 13.4. The molecule has 0 aliphatic heterocycles. The zero-order chi connectivity index (χ0) is 15.5. The van der Waals surface area contributed by atoms with Gasteiger partial charge in [-0.05, 0) is 30.5 Å². The van der Waals surface area contributed by atoms with Gasteiger partial charge in [0.05, 0.1) is 13.2 Å². The van der Waals surface area contributed by atoms with Crippen molar-refractivity contribution < 1.29 is 13.2 Å². The van der Waals surface area contributed by atoms with E-state index in [4.69, 9.17) is 4.74 Å². The first-order valence-electron chi connectivity index (χ1n) is 6.86. The van der Waals surface area contributed by atoms with Gasteiger partial charge in [-0.15, -0.1) is 0 Å². The van der Waals surface area contributed by atoms with E-state index in [0.29, 0.717) is 13.2 Å². The minimum Gasteiger partial charge on any atom is -0.493 e. The molecule has 0 spiro atoms. The molecule has 0 saturated heterocycles. The Morgan fingerprint density at radius 2 is 2.10 bits per heavy atom. The fraction of sp³-hybridized carbons (Fsp3) is 0.400. The lowest BCUT2D eigenvalue weighted by molar-refractivity contribution is 0.315. The number of rotatable bonds is 6. The maximum atomic E-state index is 11.7. The Kier molecular flexibility index (Phi) is 4.67. The molecule has 0 aliphatic rings. The molecule has 21 heavy (non-hydrogen) atoms. The van der Waals surface area contributed by atoms with Gasteiger partial charge in [-0.2, -0.15) is 0 Å². The van der Waals surface area contributed by atoms with Crippen LogP contribution in [-0.4, -0.2) is 30.8 Å².